The molecule has 240 valence electrons. The third kappa shape index (κ3) is 4.22. The molecule has 0 aromatic heterocycles. The van der Waals surface area contributed by atoms with Crippen molar-refractivity contribution >= 4 is 32.3 Å². The van der Waals surface area contributed by atoms with Crippen LogP contribution >= 0.6 is 0 Å². The van der Waals surface area contributed by atoms with Crippen LogP contribution in [0.5, 0.6) is 0 Å². The van der Waals surface area contributed by atoms with Crippen molar-refractivity contribution in [3.05, 3.63) is 194 Å². The Balaban J connectivity index is 1.26. The van der Waals surface area contributed by atoms with Crippen LogP contribution in [0.4, 0.5) is 0 Å². The second-order valence-electron chi connectivity index (χ2n) is 13.9. The lowest BCUT2D eigenvalue weighted by Gasteiger charge is -2.15. The summed E-state index contributed by atoms with van der Waals surface area (Å²) in [6.45, 7) is 0. The molecule has 2 aliphatic carbocycles. The molecule has 0 unspecified atom stereocenters. The minimum absolute atomic E-state index is 1.20. The molecule has 0 nitrogen and oxygen atoms in total. The molecule has 0 heteroatoms. The van der Waals surface area contributed by atoms with Crippen LogP contribution in [-0.2, 0) is 0 Å². The van der Waals surface area contributed by atoms with Crippen LogP contribution in [-0.4, -0.2) is 0 Å². The normalized spacial score (nSPS) is 11.8. The summed E-state index contributed by atoms with van der Waals surface area (Å²) < 4.78 is 0. The average molecular weight is 657 g/mol. The van der Waals surface area contributed by atoms with Gasteiger partial charge < -0.3 is 0 Å². The van der Waals surface area contributed by atoms with Gasteiger partial charge in [-0.1, -0.05) is 188 Å². The van der Waals surface area contributed by atoms with Crippen LogP contribution in [0, 0.1) is 0 Å². The van der Waals surface area contributed by atoms with E-state index in [1.54, 1.807) is 0 Å². The molecule has 0 aliphatic heterocycles. The molecule has 0 amide bonds. The Kier molecular flexibility index (Phi) is 6.35. The highest BCUT2D eigenvalue weighted by atomic mass is 14.3. The van der Waals surface area contributed by atoms with E-state index < -0.39 is 0 Å². The second-order valence-corrected chi connectivity index (χ2v) is 13.9. The van der Waals surface area contributed by atoms with Gasteiger partial charge >= 0.3 is 0 Å². The maximum Gasteiger partial charge on any atom is -0.00201 e. The number of hydrogen-bond donors (Lipinski definition) is 0. The van der Waals surface area contributed by atoms with Gasteiger partial charge in [0.05, 0.1) is 0 Å². The molecule has 9 aromatic carbocycles. The van der Waals surface area contributed by atoms with Gasteiger partial charge in [-0.05, 0) is 116 Å². The largest absolute Gasteiger partial charge is 0.0622 e. The first-order valence-electron chi connectivity index (χ1n) is 18.1. The van der Waals surface area contributed by atoms with Crippen molar-refractivity contribution in [2.75, 3.05) is 0 Å². The van der Waals surface area contributed by atoms with E-state index in [2.05, 4.69) is 194 Å². The van der Waals surface area contributed by atoms with Crippen molar-refractivity contribution in [3.8, 4) is 77.9 Å². The molecule has 0 saturated heterocycles. The number of benzene rings is 8. The van der Waals surface area contributed by atoms with E-state index >= 15 is 0 Å². The monoisotopic (exact) mass is 656 g/mol. The topological polar surface area (TPSA) is 0 Å². The summed E-state index contributed by atoms with van der Waals surface area (Å²) in [5.74, 6) is 0. The first-order valence-corrected chi connectivity index (χ1v) is 18.1. The lowest BCUT2D eigenvalue weighted by atomic mass is 9.88. The van der Waals surface area contributed by atoms with E-state index in [1.807, 2.05) is 0 Å². The van der Waals surface area contributed by atoms with Gasteiger partial charge in [0.15, 0.2) is 0 Å². The van der Waals surface area contributed by atoms with Crippen LogP contribution < -0.4 is 0 Å². The summed E-state index contributed by atoms with van der Waals surface area (Å²) in [5.41, 5.74) is 17.9. The zero-order chi connectivity index (χ0) is 34.2. The molecule has 0 saturated carbocycles. The summed E-state index contributed by atoms with van der Waals surface area (Å²) in [6.07, 6.45) is 0. The van der Waals surface area contributed by atoms with Crippen LogP contribution in [0.25, 0.3) is 110 Å². The molecule has 0 atom stereocenters. The molecular weight excluding hydrogens is 625 g/mol. The summed E-state index contributed by atoms with van der Waals surface area (Å²) >= 11 is 0. The predicted octanol–water partition coefficient (Wildman–Crippen LogP) is 14.6. The zero-order valence-electron chi connectivity index (χ0n) is 28.5. The van der Waals surface area contributed by atoms with Gasteiger partial charge in [0.25, 0.3) is 0 Å². The molecule has 11 rings (SSSR count). The van der Waals surface area contributed by atoms with Crippen molar-refractivity contribution in [3.63, 3.8) is 0 Å². The minimum Gasteiger partial charge on any atom is -0.0622 e. The van der Waals surface area contributed by atoms with Gasteiger partial charge in [-0.2, -0.15) is 0 Å². The minimum atomic E-state index is 1.20. The Morgan fingerprint density at radius 1 is 0.173 bits per heavy atom. The molecule has 0 fully saturated rings. The standard InChI is InChI=1S/C52H32/c1-2-7-17-40(42-29-31-49-39-21-11-9-19-37(39)45-23-13-25-47(42)52(45)49)50-32-34(33-14-4-3-5-15-33)26-27-43(50)35(16-6-1)41-28-30-48-38-20-10-8-18-36(38)44-22-12-24-46(41)51(44)48/h1-32H. The SMILES string of the molecule is c1ccc(-c2ccc3c(-c4ccc5c6c(cccc46)-c4ccccc4-5)ccccccc(-c4ccc5c6c(cccc46)-c4ccccc4-5)c3c2)cc1. The summed E-state index contributed by atoms with van der Waals surface area (Å²) in [6, 6.07) is 71.8. The number of rotatable bonds is 3. The molecule has 0 N–H and O–H groups in total. The fourth-order valence-electron chi connectivity index (χ4n) is 8.98. The van der Waals surface area contributed by atoms with E-state index in [-0.39, 0.29) is 0 Å². The van der Waals surface area contributed by atoms with Crippen molar-refractivity contribution in [1.82, 2.24) is 0 Å². The second kappa shape index (κ2) is 11.4. The van der Waals surface area contributed by atoms with Crippen molar-refractivity contribution < 1.29 is 0 Å². The molecular formula is C52H32. The van der Waals surface area contributed by atoms with E-state index in [4.69, 9.17) is 0 Å². The van der Waals surface area contributed by atoms with Crippen LogP contribution in [0.3, 0.4) is 0 Å². The third-order valence-electron chi connectivity index (χ3n) is 11.2. The first-order chi connectivity index (χ1) is 25.8. The van der Waals surface area contributed by atoms with Crippen molar-refractivity contribution in [2.24, 2.45) is 0 Å². The Labute approximate surface area is 303 Å². The molecule has 0 bridgehead atoms. The lowest BCUT2D eigenvalue weighted by molar-refractivity contribution is 1.64. The van der Waals surface area contributed by atoms with Crippen LogP contribution in [0.2, 0.25) is 0 Å². The summed E-state index contributed by atoms with van der Waals surface area (Å²) in [5, 5.41) is 7.68. The highest BCUT2D eigenvalue weighted by molar-refractivity contribution is 6.22. The number of hydrogen-bond acceptors (Lipinski definition) is 0. The summed E-state index contributed by atoms with van der Waals surface area (Å²) in [4.78, 5) is 0. The highest BCUT2D eigenvalue weighted by Gasteiger charge is 2.24. The summed E-state index contributed by atoms with van der Waals surface area (Å²) in [7, 11) is 0. The predicted molar refractivity (Wildman–Crippen MR) is 222 cm³/mol. The fourth-order valence-corrected chi connectivity index (χ4v) is 8.98. The Morgan fingerprint density at radius 3 is 1.08 bits per heavy atom. The van der Waals surface area contributed by atoms with E-state index in [0.717, 1.165) is 0 Å². The van der Waals surface area contributed by atoms with Gasteiger partial charge in [-0.25, -0.2) is 0 Å². The van der Waals surface area contributed by atoms with Gasteiger partial charge in [0.1, 0.15) is 0 Å². The third-order valence-corrected chi connectivity index (χ3v) is 11.2. The van der Waals surface area contributed by atoms with Crippen LogP contribution in [0.1, 0.15) is 0 Å². The number of fused-ring (bicyclic) bond motifs is 7. The average Bonchev–Trinajstić information content (AvgIpc) is 3.72. The van der Waals surface area contributed by atoms with Gasteiger partial charge in [-0.15, -0.1) is 0 Å². The van der Waals surface area contributed by atoms with Gasteiger partial charge in [-0.3, -0.25) is 0 Å². The highest BCUT2D eigenvalue weighted by Crippen LogP contribution is 2.52. The molecule has 0 spiro atoms. The molecule has 52 heavy (non-hydrogen) atoms. The zero-order valence-corrected chi connectivity index (χ0v) is 28.5. The van der Waals surface area contributed by atoms with E-state index in [0.29, 0.717) is 0 Å². The Morgan fingerprint density at radius 2 is 0.538 bits per heavy atom. The van der Waals surface area contributed by atoms with Gasteiger partial charge in [0.2, 0.25) is 0 Å². The van der Waals surface area contributed by atoms with E-state index in [1.165, 1.54) is 110 Å². The molecule has 0 heterocycles. The Hall–Kier alpha value is -6.76. The van der Waals surface area contributed by atoms with Crippen LogP contribution in [0.15, 0.2) is 194 Å². The quantitative estimate of drug-likeness (QED) is 0.178. The van der Waals surface area contributed by atoms with E-state index in [9.17, 15) is 0 Å². The van der Waals surface area contributed by atoms with Gasteiger partial charge in [0, 0.05) is 0 Å². The first kappa shape index (κ1) is 29.0. The maximum absolute atomic E-state index is 2.41. The van der Waals surface area contributed by atoms with Crippen molar-refractivity contribution in [2.45, 2.75) is 0 Å². The molecule has 9 aromatic rings. The maximum atomic E-state index is 2.41. The smallest absolute Gasteiger partial charge is 0.00201 e. The molecule has 2 aliphatic rings. The molecule has 0 radical (unpaired) electrons. The van der Waals surface area contributed by atoms with Crippen molar-refractivity contribution in [1.29, 1.82) is 0 Å². The Bertz CT molecular complexity index is 2940. The lowest BCUT2D eigenvalue weighted by Crippen LogP contribution is -1.88. The fraction of sp³-hybridized carbons (Fsp3) is 0.